The highest BCUT2D eigenvalue weighted by molar-refractivity contribution is 5.74. The van der Waals surface area contributed by atoms with Crippen LogP contribution in [0.4, 0.5) is 4.79 Å². The molecule has 2 rings (SSSR count). The number of aliphatic carboxylic acids is 1. The number of fused-ring (bicyclic) bond motifs is 1. The molecule has 1 aliphatic rings. The average molecular weight is 279 g/mol. The van der Waals surface area contributed by atoms with Gasteiger partial charge in [0, 0.05) is 13.0 Å². The first-order valence-corrected chi connectivity index (χ1v) is 6.52. The van der Waals surface area contributed by atoms with Crippen molar-refractivity contribution in [2.45, 2.75) is 25.9 Å². The van der Waals surface area contributed by atoms with Crippen LogP contribution >= 0.6 is 0 Å². The number of alkyl carbamates (subject to hydrolysis) is 1. The molecule has 108 valence electrons. The summed E-state index contributed by atoms with van der Waals surface area (Å²) < 4.78 is 10.1. The number of hydrogen-bond acceptors (Lipinski definition) is 4. The highest BCUT2D eigenvalue weighted by Gasteiger charge is 2.28. The first-order valence-electron chi connectivity index (χ1n) is 6.52. The zero-order chi connectivity index (χ0) is 14.5. The van der Waals surface area contributed by atoms with E-state index in [1.165, 1.54) is 0 Å². The van der Waals surface area contributed by atoms with Crippen LogP contribution in [-0.2, 0) is 22.4 Å². The van der Waals surface area contributed by atoms with E-state index in [1.807, 2.05) is 12.1 Å². The fraction of sp³-hybridized carbons (Fsp3) is 0.429. The standard InChI is InChI=1S/C14H17NO5/c1-2-19-14(18)15-6-5-9-3-4-11-10(7-9)8-12(20-11)13(16)17/h3-4,7,12H,2,5-6,8H2,1H3,(H,15,18)(H,16,17). The number of carbonyl (C=O) groups is 2. The third kappa shape index (κ3) is 3.40. The molecule has 6 heteroatoms. The summed E-state index contributed by atoms with van der Waals surface area (Å²) in [5, 5.41) is 11.6. The molecule has 0 saturated heterocycles. The van der Waals surface area contributed by atoms with E-state index in [4.69, 9.17) is 14.6 Å². The summed E-state index contributed by atoms with van der Waals surface area (Å²) in [6.07, 6.45) is -0.186. The van der Waals surface area contributed by atoms with E-state index in [9.17, 15) is 9.59 Å². The van der Waals surface area contributed by atoms with Crippen molar-refractivity contribution in [3.05, 3.63) is 29.3 Å². The summed E-state index contributed by atoms with van der Waals surface area (Å²) in [6, 6.07) is 5.57. The fourth-order valence-corrected chi connectivity index (χ4v) is 2.09. The van der Waals surface area contributed by atoms with Gasteiger partial charge in [-0.05, 0) is 30.5 Å². The van der Waals surface area contributed by atoms with E-state index < -0.39 is 18.2 Å². The predicted molar refractivity (Wildman–Crippen MR) is 70.9 cm³/mol. The van der Waals surface area contributed by atoms with Crippen LogP contribution in [0.15, 0.2) is 18.2 Å². The van der Waals surface area contributed by atoms with E-state index in [-0.39, 0.29) is 0 Å². The molecule has 0 aromatic heterocycles. The Balaban J connectivity index is 1.88. The molecule has 0 fully saturated rings. The second-order valence-corrected chi connectivity index (χ2v) is 4.49. The quantitative estimate of drug-likeness (QED) is 0.850. The lowest BCUT2D eigenvalue weighted by molar-refractivity contribution is -0.144. The molecule has 1 aliphatic heterocycles. The zero-order valence-electron chi connectivity index (χ0n) is 11.2. The Labute approximate surface area is 116 Å². The maximum absolute atomic E-state index is 11.1. The highest BCUT2D eigenvalue weighted by Crippen LogP contribution is 2.29. The van der Waals surface area contributed by atoms with Gasteiger partial charge >= 0.3 is 12.1 Å². The van der Waals surface area contributed by atoms with Crippen LogP contribution in [0, 0.1) is 0 Å². The van der Waals surface area contributed by atoms with Crippen LogP contribution in [0.2, 0.25) is 0 Å². The van der Waals surface area contributed by atoms with E-state index in [1.54, 1.807) is 13.0 Å². The Bertz CT molecular complexity index is 514. The number of benzene rings is 1. The minimum atomic E-state index is -0.952. The van der Waals surface area contributed by atoms with E-state index in [2.05, 4.69) is 5.32 Å². The van der Waals surface area contributed by atoms with E-state index in [0.717, 1.165) is 11.1 Å². The van der Waals surface area contributed by atoms with Gasteiger partial charge in [0.1, 0.15) is 5.75 Å². The average Bonchev–Trinajstić information content (AvgIpc) is 2.82. The summed E-state index contributed by atoms with van der Waals surface area (Å²) in [5.74, 6) is -0.328. The van der Waals surface area contributed by atoms with Crippen LogP contribution in [0.3, 0.4) is 0 Å². The van der Waals surface area contributed by atoms with Crippen LogP contribution in [0.1, 0.15) is 18.1 Å². The minimum Gasteiger partial charge on any atom is -0.478 e. The van der Waals surface area contributed by atoms with Crippen molar-refractivity contribution < 1.29 is 24.2 Å². The molecule has 2 N–H and O–H groups in total. The third-order valence-electron chi connectivity index (χ3n) is 3.03. The number of amides is 1. The lowest BCUT2D eigenvalue weighted by atomic mass is 10.0. The molecule has 6 nitrogen and oxygen atoms in total. The van der Waals surface area contributed by atoms with E-state index in [0.29, 0.717) is 31.7 Å². The largest absolute Gasteiger partial charge is 0.478 e. The monoisotopic (exact) mass is 279 g/mol. The van der Waals surface area contributed by atoms with Crippen molar-refractivity contribution in [1.29, 1.82) is 0 Å². The molecule has 1 aromatic rings. The summed E-state index contributed by atoms with van der Waals surface area (Å²) in [6.45, 7) is 2.57. The van der Waals surface area contributed by atoms with Crippen LogP contribution in [0.5, 0.6) is 5.75 Å². The van der Waals surface area contributed by atoms with Gasteiger partial charge in [-0.1, -0.05) is 12.1 Å². The first-order chi connectivity index (χ1) is 9.60. The lowest BCUT2D eigenvalue weighted by Crippen LogP contribution is -2.26. The number of carboxylic acids is 1. The van der Waals surface area contributed by atoms with Gasteiger partial charge in [0.25, 0.3) is 0 Å². The van der Waals surface area contributed by atoms with Gasteiger partial charge in [0.2, 0.25) is 0 Å². The Kier molecular flexibility index (Phi) is 4.45. The smallest absolute Gasteiger partial charge is 0.407 e. The molecular weight excluding hydrogens is 262 g/mol. The summed E-state index contributed by atoms with van der Waals surface area (Å²) in [7, 11) is 0. The maximum Gasteiger partial charge on any atom is 0.407 e. The molecule has 1 heterocycles. The topological polar surface area (TPSA) is 84.9 Å². The molecule has 0 bridgehead atoms. The molecule has 0 radical (unpaired) electrons. The highest BCUT2D eigenvalue weighted by atomic mass is 16.5. The number of ether oxygens (including phenoxy) is 2. The SMILES string of the molecule is CCOC(=O)NCCc1ccc2c(c1)CC(C(=O)O)O2. The van der Waals surface area contributed by atoms with Crippen LogP contribution in [0.25, 0.3) is 0 Å². The maximum atomic E-state index is 11.1. The Morgan fingerprint density at radius 1 is 1.50 bits per heavy atom. The van der Waals surface area contributed by atoms with Crippen LogP contribution in [-0.4, -0.2) is 36.4 Å². The summed E-state index contributed by atoms with van der Waals surface area (Å²) >= 11 is 0. The van der Waals surface area contributed by atoms with Crippen molar-refractivity contribution in [3.63, 3.8) is 0 Å². The molecule has 0 aliphatic carbocycles. The van der Waals surface area contributed by atoms with Crippen molar-refractivity contribution >= 4 is 12.1 Å². The van der Waals surface area contributed by atoms with E-state index >= 15 is 0 Å². The second-order valence-electron chi connectivity index (χ2n) is 4.49. The normalized spacial score (nSPS) is 16.1. The number of rotatable bonds is 5. The second kappa shape index (κ2) is 6.27. The Morgan fingerprint density at radius 2 is 2.30 bits per heavy atom. The van der Waals surface area contributed by atoms with Gasteiger partial charge in [0.15, 0.2) is 6.10 Å². The van der Waals surface area contributed by atoms with Gasteiger partial charge < -0.3 is 19.9 Å². The van der Waals surface area contributed by atoms with Gasteiger partial charge in [-0.3, -0.25) is 0 Å². The first kappa shape index (κ1) is 14.2. The van der Waals surface area contributed by atoms with Gasteiger partial charge in [-0.25, -0.2) is 9.59 Å². The predicted octanol–water partition coefficient (Wildman–Crippen LogP) is 1.36. The Morgan fingerprint density at radius 3 is 3.00 bits per heavy atom. The molecule has 1 aromatic carbocycles. The van der Waals surface area contributed by atoms with Crippen molar-refractivity contribution in [2.24, 2.45) is 0 Å². The molecule has 20 heavy (non-hydrogen) atoms. The van der Waals surface area contributed by atoms with Gasteiger partial charge in [-0.15, -0.1) is 0 Å². The number of carbonyl (C=O) groups excluding carboxylic acids is 1. The lowest BCUT2D eigenvalue weighted by Gasteiger charge is -2.06. The number of hydrogen-bond donors (Lipinski definition) is 2. The van der Waals surface area contributed by atoms with Gasteiger partial charge in [-0.2, -0.15) is 0 Å². The molecule has 1 atom stereocenters. The third-order valence-corrected chi connectivity index (χ3v) is 3.03. The molecule has 1 unspecified atom stereocenters. The van der Waals surface area contributed by atoms with Crippen molar-refractivity contribution in [1.82, 2.24) is 5.32 Å². The summed E-state index contributed by atoms with van der Waals surface area (Å²) in [5.41, 5.74) is 1.92. The van der Waals surface area contributed by atoms with Crippen molar-refractivity contribution in [3.8, 4) is 5.75 Å². The zero-order valence-corrected chi connectivity index (χ0v) is 11.2. The molecule has 0 spiro atoms. The molecule has 0 saturated carbocycles. The Hall–Kier alpha value is -2.24. The molecule has 1 amide bonds. The number of carboxylic acid groups (broad SMARTS) is 1. The van der Waals surface area contributed by atoms with Gasteiger partial charge in [0.05, 0.1) is 6.61 Å². The summed E-state index contributed by atoms with van der Waals surface area (Å²) in [4.78, 5) is 22.0. The van der Waals surface area contributed by atoms with Crippen molar-refractivity contribution in [2.75, 3.05) is 13.2 Å². The fourth-order valence-electron chi connectivity index (χ4n) is 2.09. The molecular formula is C14H17NO5. The van der Waals surface area contributed by atoms with Crippen LogP contribution < -0.4 is 10.1 Å². The number of nitrogens with one attached hydrogen (secondary N) is 1. The minimum absolute atomic E-state index is 0.346.